The molecule has 1 saturated carbocycles. The lowest BCUT2D eigenvalue weighted by molar-refractivity contribution is 0.539. The second-order valence-corrected chi connectivity index (χ2v) is 3.60. The van der Waals surface area contributed by atoms with Crippen molar-refractivity contribution in [3.8, 4) is 0 Å². The summed E-state index contributed by atoms with van der Waals surface area (Å²) in [6.07, 6.45) is 1.74. The number of nitrogens with two attached hydrogens (primary N) is 1. The smallest absolute Gasteiger partial charge is 0.148 e. The molecular weight excluding hydrogens is 219 g/mol. The first kappa shape index (κ1) is 10.9. The molecule has 0 saturated heterocycles. The summed E-state index contributed by atoms with van der Waals surface area (Å²) in [5, 5.41) is 0. The molecule has 0 amide bonds. The van der Waals surface area contributed by atoms with Crippen LogP contribution in [0.1, 0.15) is 18.4 Å². The fourth-order valence-electron chi connectivity index (χ4n) is 1.33. The maximum Gasteiger partial charge on any atom is 0.148 e. The summed E-state index contributed by atoms with van der Waals surface area (Å²) >= 11 is 0. The zero-order chi connectivity index (χ0) is 11.7. The largest absolute Gasteiger partial charge is 0.308 e. The molecule has 0 bridgehead atoms. The van der Waals surface area contributed by atoms with Gasteiger partial charge in [-0.1, -0.05) is 0 Å². The number of hydrazine groups is 1. The minimum Gasteiger partial charge on any atom is -0.308 e. The van der Waals surface area contributed by atoms with E-state index < -0.39 is 23.0 Å². The van der Waals surface area contributed by atoms with Crippen LogP contribution in [0.15, 0.2) is 17.1 Å². The number of amidine groups is 1. The van der Waals surface area contributed by atoms with Gasteiger partial charge in [-0.2, -0.15) is 0 Å². The number of hydrogen-bond acceptors (Lipinski definition) is 2. The first-order valence-corrected chi connectivity index (χ1v) is 4.81. The van der Waals surface area contributed by atoms with Crippen LogP contribution in [0.4, 0.5) is 13.2 Å². The van der Waals surface area contributed by atoms with Crippen LogP contribution in [0, 0.1) is 17.5 Å². The topological polar surface area (TPSA) is 50.4 Å². The molecule has 3 N–H and O–H groups in total. The van der Waals surface area contributed by atoms with E-state index >= 15 is 0 Å². The monoisotopic (exact) mass is 229 g/mol. The molecule has 1 aromatic carbocycles. The highest BCUT2D eigenvalue weighted by Crippen LogP contribution is 2.25. The van der Waals surface area contributed by atoms with Gasteiger partial charge < -0.3 is 5.43 Å². The lowest BCUT2D eigenvalue weighted by atomic mass is 10.1. The Bertz CT molecular complexity index is 418. The van der Waals surface area contributed by atoms with Gasteiger partial charge in [-0.25, -0.2) is 19.0 Å². The molecule has 0 aliphatic heterocycles. The molecule has 1 aliphatic carbocycles. The summed E-state index contributed by atoms with van der Waals surface area (Å²) in [5.41, 5.74) is 1.72. The Balaban J connectivity index is 2.44. The highest BCUT2D eigenvalue weighted by molar-refractivity contribution is 5.99. The maximum atomic E-state index is 13.4. The molecule has 1 fully saturated rings. The van der Waals surface area contributed by atoms with Gasteiger partial charge in [0.25, 0.3) is 0 Å². The molecule has 0 heterocycles. The first-order valence-electron chi connectivity index (χ1n) is 4.81. The van der Waals surface area contributed by atoms with Crippen molar-refractivity contribution in [2.24, 2.45) is 10.8 Å². The Morgan fingerprint density at radius 3 is 2.25 bits per heavy atom. The highest BCUT2D eigenvalue weighted by Gasteiger charge is 2.24. The number of aliphatic imine (C=N–C) groups is 1. The van der Waals surface area contributed by atoms with Crippen molar-refractivity contribution in [1.29, 1.82) is 0 Å². The van der Waals surface area contributed by atoms with Crippen LogP contribution < -0.4 is 11.3 Å². The molecule has 16 heavy (non-hydrogen) atoms. The van der Waals surface area contributed by atoms with E-state index in [1.807, 2.05) is 0 Å². The third kappa shape index (κ3) is 2.16. The molecule has 0 atom stereocenters. The number of nitrogens with zero attached hydrogens (tertiary/aromatic N) is 1. The van der Waals surface area contributed by atoms with Crippen molar-refractivity contribution in [3.63, 3.8) is 0 Å². The summed E-state index contributed by atoms with van der Waals surface area (Å²) in [6, 6.07) is 1.24. The fraction of sp³-hybridized carbons (Fsp3) is 0.300. The maximum absolute atomic E-state index is 13.4. The first-order chi connectivity index (χ1) is 7.61. The molecular formula is C10H10F3N3. The summed E-state index contributed by atoms with van der Waals surface area (Å²) in [6.45, 7) is 0. The Kier molecular flexibility index (Phi) is 2.82. The minimum atomic E-state index is -1.02. The van der Waals surface area contributed by atoms with Crippen LogP contribution in [0.25, 0.3) is 0 Å². The van der Waals surface area contributed by atoms with E-state index in [-0.39, 0.29) is 11.9 Å². The van der Waals surface area contributed by atoms with Gasteiger partial charge in [-0.3, -0.25) is 4.99 Å². The van der Waals surface area contributed by atoms with Crippen molar-refractivity contribution in [1.82, 2.24) is 5.43 Å². The molecule has 2 rings (SSSR count). The molecule has 1 aliphatic rings. The molecule has 6 heteroatoms. The number of nitrogens with one attached hydrogen (secondary N) is 1. The quantitative estimate of drug-likeness (QED) is 0.349. The van der Waals surface area contributed by atoms with E-state index in [0.717, 1.165) is 12.8 Å². The van der Waals surface area contributed by atoms with E-state index in [4.69, 9.17) is 5.84 Å². The highest BCUT2D eigenvalue weighted by atomic mass is 19.1. The van der Waals surface area contributed by atoms with Gasteiger partial charge in [0.15, 0.2) is 0 Å². The Labute approximate surface area is 90.1 Å². The predicted octanol–water partition coefficient (Wildman–Crippen LogP) is 1.48. The Morgan fingerprint density at radius 1 is 1.25 bits per heavy atom. The molecule has 0 radical (unpaired) electrons. The van der Waals surface area contributed by atoms with Crippen molar-refractivity contribution in [2.75, 3.05) is 0 Å². The van der Waals surface area contributed by atoms with Gasteiger partial charge in [0.1, 0.15) is 23.3 Å². The standard InChI is InChI=1S/C10H10F3N3/c11-5-3-7(12)9(8(13)4-5)10(16-14)15-6-1-2-6/h3-4,6H,1-2,14H2,(H,15,16). The zero-order valence-electron chi connectivity index (χ0n) is 8.30. The van der Waals surface area contributed by atoms with Crippen LogP contribution in [0.5, 0.6) is 0 Å². The Hall–Kier alpha value is -1.56. The molecule has 86 valence electrons. The van der Waals surface area contributed by atoms with E-state index in [1.165, 1.54) is 0 Å². The van der Waals surface area contributed by atoms with Gasteiger partial charge in [-0.15, -0.1) is 0 Å². The summed E-state index contributed by atoms with van der Waals surface area (Å²) in [7, 11) is 0. The molecule has 1 aromatic rings. The van der Waals surface area contributed by atoms with E-state index in [2.05, 4.69) is 10.4 Å². The summed E-state index contributed by atoms with van der Waals surface area (Å²) < 4.78 is 39.4. The van der Waals surface area contributed by atoms with Crippen LogP contribution in [-0.4, -0.2) is 11.9 Å². The van der Waals surface area contributed by atoms with E-state index in [1.54, 1.807) is 0 Å². The number of halogens is 3. The van der Waals surface area contributed by atoms with Crippen molar-refractivity contribution >= 4 is 5.84 Å². The van der Waals surface area contributed by atoms with Gasteiger partial charge in [0.05, 0.1) is 11.6 Å². The second-order valence-electron chi connectivity index (χ2n) is 3.60. The summed E-state index contributed by atoms with van der Waals surface area (Å²) in [5.74, 6) is 2.06. The second kappa shape index (κ2) is 4.13. The normalized spacial score (nSPS) is 16.4. The third-order valence-corrected chi connectivity index (χ3v) is 2.24. The molecule has 3 nitrogen and oxygen atoms in total. The minimum absolute atomic E-state index is 0.0508. The summed E-state index contributed by atoms with van der Waals surface area (Å²) in [4.78, 5) is 4.01. The number of rotatable bonds is 2. The van der Waals surface area contributed by atoms with Gasteiger partial charge in [-0.05, 0) is 12.8 Å². The van der Waals surface area contributed by atoms with E-state index in [0.29, 0.717) is 12.1 Å². The number of benzene rings is 1. The molecule has 0 aromatic heterocycles. The SMILES string of the molecule is NNC(=NC1CC1)c1c(F)cc(F)cc1F. The Morgan fingerprint density at radius 2 is 1.81 bits per heavy atom. The lowest BCUT2D eigenvalue weighted by Gasteiger charge is -2.08. The molecule has 0 unspecified atom stereocenters. The van der Waals surface area contributed by atoms with Gasteiger partial charge >= 0.3 is 0 Å². The van der Waals surface area contributed by atoms with Gasteiger partial charge in [0, 0.05) is 12.1 Å². The molecule has 0 spiro atoms. The van der Waals surface area contributed by atoms with Gasteiger partial charge in [0.2, 0.25) is 0 Å². The fourth-order valence-corrected chi connectivity index (χ4v) is 1.33. The average molecular weight is 229 g/mol. The predicted molar refractivity (Wildman–Crippen MR) is 53.2 cm³/mol. The lowest BCUT2D eigenvalue weighted by Crippen LogP contribution is -2.33. The van der Waals surface area contributed by atoms with E-state index in [9.17, 15) is 13.2 Å². The van der Waals surface area contributed by atoms with Crippen molar-refractivity contribution < 1.29 is 13.2 Å². The van der Waals surface area contributed by atoms with Crippen LogP contribution in [-0.2, 0) is 0 Å². The van der Waals surface area contributed by atoms with Crippen LogP contribution >= 0.6 is 0 Å². The van der Waals surface area contributed by atoms with Crippen molar-refractivity contribution in [3.05, 3.63) is 35.1 Å². The van der Waals surface area contributed by atoms with Crippen LogP contribution in [0.2, 0.25) is 0 Å². The average Bonchev–Trinajstić information content (AvgIpc) is 2.98. The number of hydrogen-bond donors (Lipinski definition) is 2. The third-order valence-electron chi connectivity index (χ3n) is 2.24. The van der Waals surface area contributed by atoms with Crippen LogP contribution in [0.3, 0.4) is 0 Å². The zero-order valence-corrected chi connectivity index (χ0v) is 8.30. The van der Waals surface area contributed by atoms with Crippen molar-refractivity contribution in [2.45, 2.75) is 18.9 Å².